The maximum absolute atomic E-state index is 13.2. The smallest absolute Gasteiger partial charge is 0.129 e. The second-order valence-electron chi connectivity index (χ2n) is 3.59. The van der Waals surface area contributed by atoms with Crippen molar-refractivity contribution in [2.24, 2.45) is 5.73 Å². The SMILES string of the molecule is NC1CC(c2ccc(F)cc2F)C1. The van der Waals surface area contributed by atoms with Crippen LogP contribution in [-0.4, -0.2) is 6.04 Å². The summed E-state index contributed by atoms with van der Waals surface area (Å²) in [6, 6.07) is 3.93. The van der Waals surface area contributed by atoms with Crippen LogP contribution < -0.4 is 5.73 Å². The summed E-state index contributed by atoms with van der Waals surface area (Å²) in [7, 11) is 0. The lowest BCUT2D eigenvalue weighted by molar-refractivity contribution is 0.341. The number of rotatable bonds is 1. The molecule has 1 aliphatic carbocycles. The monoisotopic (exact) mass is 183 g/mol. The van der Waals surface area contributed by atoms with Crippen molar-refractivity contribution in [2.75, 3.05) is 0 Å². The highest BCUT2D eigenvalue weighted by Gasteiger charge is 2.29. The fraction of sp³-hybridized carbons (Fsp3) is 0.400. The zero-order valence-corrected chi connectivity index (χ0v) is 7.13. The molecular weight excluding hydrogens is 172 g/mol. The van der Waals surface area contributed by atoms with E-state index < -0.39 is 11.6 Å². The molecule has 0 radical (unpaired) electrons. The first-order valence-corrected chi connectivity index (χ1v) is 4.37. The Balaban J connectivity index is 2.21. The van der Waals surface area contributed by atoms with Crippen molar-refractivity contribution in [1.82, 2.24) is 0 Å². The Labute approximate surface area is 75.6 Å². The number of hydrogen-bond acceptors (Lipinski definition) is 1. The van der Waals surface area contributed by atoms with Gasteiger partial charge in [0.1, 0.15) is 11.6 Å². The molecule has 1 aromatic carbocycles. The zero-order chi connectivity index (χ0) is 9.42. The highest BCUT2D eigenvalue weighted by atomic mass is 19.1. The van der Waals surface area contributed by atoms with E-state index >= 15 is 0 Å². The fourth-order valence-corrected chi connectivity index (χ4v) is 1.75. The Bertz CT molecular complexity index is 319. The van der Waals surface area contributed by atoms with E-state index in [4.69, 9.17) is 5.73 Å². The maximum Gasteiger partial charge on any atom is 0.129 e. The third-order valence-corrected chi connectivity index (χ3v) is 2.58. The molecule has 0 amide bonds. The second kappa shape index (κ2) is 3.07. The van der Waals surface area contributed by atoms with Crippen LogP contribution >= 0.6 is 0 Å². The Kier molecular flexibility index (Phi) is 2.04. The standard InChI is InChI=1S/C10H11F2N/c11-7-1-2-9(10(12)5-7)6-3-8(13)4-6/h1-2,5-6,8H,3-4,13H2. The molecule has 2 N–H and O–H groups in total. The van der Waals surface area contributed by atoms with Gasteiger partial charge in [-0.3, -0.25) is 0 Å². The van der Waals surface area contributed by atoms with Gasteiger partial charge < -0.3 is 5.73 Å². The van der Waals surface area contributed by atoms with E-state index in [1.54, 1.807) is 0 Å². The average Bonchev–Trinajstić information content (AvgIpc) is 2.00. The van der Waals surface area contributed by atoms with Crippen LogP contribution in [0.15, 0.2) is 18.2 Å². The van der Waals surface area contributed by atoms with Gasteiger partial charge >= 0.3 is 0 Å². The molecule has 1 nitrogen and oxygen atoms in total. The van der Waals surface area contributed by atoms with E-state index in [0.29, 0.717) is 5.56 Å². The van der Waals surface area contributed by atoms with Crippen LogP contribution in [0, 0.1) is 11.6 Å². The predicted molar refractivity (Wildman–Crippen MR) is 46.3 cm³/mol. The maximum atomic E-state index is 13.2. The highest BCUT2D eigenvalue weighted by Crippen LogP contribution is 2.36. The van der Waals surface area contributed by atoms with Crippen LogP contribution in [0.3, 0.4) is 0 Å². The molecule has 0 aromatic heterocycles. The zero-order valence-electron chi connectivity index (χ0n) is 7.13. The Hall–Kier alpha value is -0.960. The van der Waals surface area contributed by atoms with Gasteiger partial charge in [0.2, 0.25) is 0 Å². The lowest BCUT2D eigenvalue weighted by atomic mass is 9.76. The summed E-state index contributed by atoms with van der Waals surface area (Å²) in [5, 5.41) is 0. The Morgan fingerprint density at radius 1 is 1.23 bits per heavy atom. The Morgan fingerprint density at radius 2 is 1.92 bits per heavy atom. The van der Waals surface area contributed by atoms with E-state index in [1.165, 1.54) is 12.1 Å². The summed E-state index contributed by atoms with van der Waals surface area (Å²) in [5.41, 5.74) is 6.19. The van der Waals surface area contributed by atoms with Crippen LogP contribution in [0.5, 0.6) is 0 Å². The van der Waals surface area contributed by atoms with E-state index in [0.717, 1.165) is 18.9 Å². The highest BCUT2D eigenvalue weighted by molar-refractivity contribution is 5.25. The average molecular weight is 183 g/mol. The molecule has 0 unspecified atom stereocenters. The van der Waals surface area contributed by atoms with Crippen molar-refractivity contribution in [1.29, 1.82) is 0 Å². The first-order chi connectivity index (χ1) is 6.16. The van der Waals surface area contributed by atoms with Crippen LogP contribution in [0.2, 0.25) is 0 Å². The van der Waals surface area contributed by atoms with E-state index in [2.05, 4.69) is 0 Å². The summed E-state index contributed by atoms with van der Waals surface area (Å²) in [4.78, 5) is 0. The molecule has 2 rings (SSSR count). The van der Waals surface area contributed by atoms with Crippen LogP contribution in [0.25, 0.3) is 0 Å². The van der Waals surface area contributed by atoms with Gasteiger partial charge in [-0.25, -0.2) is 8.78 Å². The first kappa shape index (κ1) is 8.63. The molecule has 1 fully saturated rings. The third-order valence-electron chi connectivity index (χ3n) is 2.58. The molecule has 0 heterocycles. The molecule has 1 aromatic rings. The molecule has 0 saturated heterocycles. The van der Waals surface area contributed by atoms with E-state index in [1.807, 2.05) is 0 Å². The van der Waals surface area contributed by atoms with Crippen LogP contribution in [0.4, 0.5) is 8.78 Å². The van der Waals surface area contributed by atoms with E-state index in [-0.39, 0.29) is 12.0 Å². The quantitative estimate of drug-likeness (QED) is 0.709. The van der Waals surface area contributed by atoms with Gasteiger partial charge in [-0.05, 0) is 30.4 Å². The molecule has 0 spiro atoms. The van der Waals surface area contributed by atoms with Gasteiger partial charge in [-0.2, -0.15) is 0 Å². The van der Waals surface area contributed by atoms with Crippen LogP contribution in [-0.2, 0) is 0 Å². The van der Waals surface area contributed by atoms with Crippen molar-refractivity contribution < 1.29 is 8.78 Å². The second-order valence-corrected chi connectivity index (χ2v) is 3.59. The fourth-order valence-electron chi connectivity index (χ4n) is 1.75. The van der Waals surface area contributed by atoms with Crippen molar-refractivity contribution in [2.45, 2.75) is 24.8 Å². The minimum Gasteiger partial charge on any atom is -0.328 e. The van der Waals surface area contributed by atoms with Gasteiger partial charge in [0.05, 0.1) is 0 Å². The normalized spacial score (nSPS) is 27.0. The van der Waals surface area contributed by atoms with Crippen molar-refractivity contribution >= 4 is 0 Å². The lowest BCUT2D eigenvalue weighted by Crippen LogP contribution is -2.35. The first-order valence-electron chi connectivity index (χ1n) is 4.37. The summed E-state index contributed by atoms with van der Waals surface area (Å²) in [6.45, 7) is 0. The largest absolute Gasteiger partial charge is 0.328 e. The summed E-state index contributed by atoms with van der Waals surface area (Å²) in [6.07, 6.45) is 1.62. The topological polar surface area (TPSA) is 26.0 Å². The number of benzene rings is 1. The molecule has 0 bridgehead atoms. The van der Waals surface area contributed by atoms with Gasteiger partial charge in [0.15, 0.2) is 0 Å². The molecule has 0 aliphatic heterocycles. The predicted octanol–water partition coefficient (Wildman–Crippen LogP) is 2.17. The number of hydrogen-bond donors (Lipinski definition) is 1. The van der Waals surface area contributed by atoms with Crippen molar-refractivity contribution in [3.8, 4) is 0 Å². The molecular formula is C10H11F2N. The van der Waals surface area contributed by atoms with Crippen molar-refractivity contribution in [3.63, 3.8) is 0 Å². The molecule has 3 heteroatoms. The third kappa shape index (κ3) is 1.56. The van der Waals surface area contributed by atoms with Gasteiger partial charge in [0, 0.05) is 12.1 Å². The van der Waals surface area contributed by atoms with Gasteiger partial charge in [0.25, 0.3) is 0 Å². The van der Waals surface area contributed by atoms with Crippen LogP contribution in [0.1, 0.15) is 24.3 Å². The van der Waals surface area contributed by atoms with Gasteiger partial charge in [-0.1, -0.05) is 6.07 Å². The molecule has 1 saturated carbocycles. The molecule has 70 valence electrons. The molecule has 13 heavy (non-hydrogen) atoms. The number of nitrogens with two attached hydrogens (primary N) is 1. The lowest BCUT2D eigenvalue weighted by Gasteiger charge is -2.32. The number of halogens is 2. The molecule has 1 aliphatic rings. The molecule has 0 atom stereocenters. The summed E-state index contributed by atoms with van der Waals surface area (Å²) < 4.78 is 25.7. The van der Waals surface area contributed by atoms with Gasteiger partial charge in [-0.15, -0.1) is 0 Å². The Morgan fingerprint density at radius 3 is 2.46 bits per heavy atom. The summed E-state index contributed by atoms with van der Waals surface area (Å²) in [5.74, 6) is -0.780. The summed E-state index contributed by atoms with van der Waals surface area (Å²) >= 11 is 0. The minimum absolute atomic E-state index is 0.189. The van der Waals surface area contributed by atoms with E-state index in [9.17, 15) is 8.78 Å². The van der Waals surface area contributed by atoms with Crippen molar-refractivity contribution in [3.05, 3.63) is 35.4 Å². The minimum atomic E-state index is -0.523.